The van der Waals surface area contributed by atoms with Gasteiger partial charge in [0.2, 0.25) is 0 Å². The second-order valence-corrected chi connectivity index (χ2v) is 5.99. The third kappa shape index (κ3) is 4.33. The van der Waals surface area contributed by atoms with Gasteiger partial charge in [0.1, 0.15) is 5.75 Å². The average Bonchev–Trinajstić information content (AvgIpc) is 2.88. The first kappa shape index (κ1) is 15.6. The quantitative estimate of drug-likeness (QED) is 0.870. The number of aryl methyl sites for hydroxylation is 1. The SMILES string of the molecule is Cc1cc(CNC(C)C)ccc1Oc1cnn(C(C)C)c1. The summed E-state index contributed by atoms with van der Waals surface area (Å²) in [4.78, 5) is 0. The van der Waals surface area contributed by atoms with Crippen molar-refractivity contribution >= 4 is 0 Å². The Balaban J connectivity index is 2.06. The number of hydrogen-bond donors (Lipinski definition) is 1. The van der Waals surface area contributed by atoms with E-state index in [2.05, 4.69) is 57.2 Å². The number of nitrogens with one attached hydrogen (secondary N) is 1. The highest BCUT2D eigenvalue weighted by atomic mass is 16.5. The van der Waals surface area contributed by atoms with E-state index in [0.717, 1.165) is 23.6 Å². The fourth-order valence-electron chi connectivity index (χ4n) is 2.04. The van der Waals surface area contributed by atoms with E-state index in [1.807, 2.05) is 16.9 Å². The summed E-state index contributed by atoms with van der Waals surface area (Å²) in [5.41, 5.74) is 2.40. The predicted octanol–water partition coefficient (Wildman–Crippen LogP) is 4.06. The number of rotatable bonds is 6. The maximum Gasteiger partial charge on any atom is 0.165 e. The zero-order valence-corrected chi connectivity index (χ0v) is 13.6. The van der Waals surface area contributed by atoms with Crippen molar-refractivity contribution in [2.75, 3.05) is 0 Å². The van der Waals surface area contributed by atoms with Crippen LogP contribution in [0.25, 0.3) is 0 Å². The van der Waals surface area contributed by atoms with Gasteiger partial charge in [0.05, 0.1) is 12.4 Å². The Hall–Kier alpha value is -1.81. The van der Waals surface area contributed by atoms with Crippen molar-refractivity contribution in [2.45, 2.75) is 53.2 Å². The molecule has 0 atom stereocenters. The van der Waals surface area contributed by atoms with Crippen LogP contribution in [0.5, 0.6) is 11.5 Å². The molecule has 0 saturated carbocycles. The molecule has 4 heteroatoms. The molecular formula is C17H25N3O. The smallest absolute Gasteiger partial charge is 0.165 e. The maximum absolute atomic E-state index is 5.92. The van der Waals surface area contributed by atoms with Crippen molar-refractivity contribution in [2.24, 2.45) is 0 Å². The van der Waals surface area contributed by atoms with E-state index in [-0.39, 0.29) is 0 Å². The zero-order valence-electron chi connectivity index (χ0n) is 13.6. The first-order chi connectivity index (χ1) is 9.95. The van der Waals surface area contributed by atoms with Crippen LogP contribution in [0.15, 0.2) is 30.6 Å². The van der Waals surface area contributed by atoms with Gasteiger partial charge < -0.3 is 10.1 Å². The second-order valence-electron chi connectivity index (χ2n) is 5.99. The summed E-state index contributed by atoms with van der Waals surface area (Å²) < 4.78 is 7.81. The van der Waals surface area contributed by atoms with E-state index >= 15 is 0 Å². The number of nitrogens with zero attached hydrogens (tertiary/aromatic N) is 2. The Morgan fingerprint density at radius 2 is 2.00 bits per heavy atom. The molecule has 2 aromatic rings. The fourth-order valence-corrected chi connectivity index (χ4v) is 2.04. The van der Waals surface area contributed by atoms with Gasteiger partial charge in [-0.2, -0.15) is 5.10 Å². The van der Waals surface area contributed by atoms with Gasteiger partial charge >= 0.3 is 0 Å². The first-order valence-corrected chi connectivity index (χ1v) is 7.50. The van der Waals surface area contributed by atoms with Crippen molar-refractivity contribution < 1.29 is 4.74 Å². The van der Waals surface area contributed by atoms with E-state index in [4.69, 9.17) is 4.74 Å². The molecule has 2 rings (SSSR count). The Kier molecular flexibility index (Phi) is 5.02. The van der Waals surface area contributed by atoms with Crippen molar-refractivity contribution in [3.05, 3.63) is 41.7 Å². The van der Waals surface area contributed by atoms with Gasteiger partial charge in [-0.3, -0.25) is 4.68 Å². The predicted molar refractivity (Wildman–Crippen MR) is 85.8 cm³/mol. The maximum atomic E-state index is 5.92. The average molecular weight is 287 g/mol. The minimum absolute atomic E-state index is 0.341. The van der Waals surface area contributed by atoms with Crippen LogP contribution in [0.2, 0.25) is 0 Å². The lowest BCUT2D eigenvalue weighted by Crippen LogP contribution is -2.21. The van der Waals surface area contributed by atoms with Gasteiger partial charge in [0.15, 0.2) is 5.75 Å². The Morgan fingerprint density at radius 3 is 2.57 bits per heavy atom. The van der Waals surface area contributed by atoms with Crippen LogP contribution in [-0.2, 0) is 6.54 Å². The molecule has 0 aliphatic heterocycles. The molecule has 0 bridgehead atoms. The molecular weight excluding hydrogens is 262 g/mol. The van der Waals surface area contributed by atoms with Gasteiger partial charge in [-0.1, -0.05) is 26.0 Å². The van der Waals surface area contributed by atoms with Crippen molar-refractivity contribution in [3.63, 3.8) is 0 Å². The molecule has 1 aromatic heterocycles. The van der Waals surface area contributed by atoms with Gasteiger partial charge in [0, 0.05) is 18.6 Å². The number of ether oxygens (including phenoxy) is 1. The molecule has 0 spiro atoms. The van der Waals surface area contributed by atoms with Crippen molar-refractivity contribution in [1.82, 2.24) is 15.1 Å². The van der Waals surface area contributed by atoms with Crippen LogP contribution < -0.4 is 10.1 Å². The van der Waals surface area contributed by atoms with E-state index in [1.54, 1.807) is 6.20 Å². The molecule has 0 unspecified atom stereocenters. The number of aromatic nitrogens is 2. The standard InChI is InChI=1S/C17H25N3O/c1-12(2)18-9-15-6-7-17(14(5)8-15)21-16-10-19-20(11-16)13(3)4/h6-8,10-13,18H,9H2,1-5H3. The molecule has 0 aliphatic carbocycles. The van der Waals surface area contributed by atoms with Crippen LogP contribution >= 0.6 is 0 Å². The van der Waals surface area contributed by atoms with Crippen LogP contribution in [0.4, 0.5) is 0 Å². The summed E-state index contributed by atoms with van der Waals surface area (Å²) in [5, 5.41) is 7.71. The van der Waals surface area contributed by atoms with E-state index in [1.165, 1.54) is 5.56 Å². The lowest BCUT2D eigenvalue weighted by Gasteiger charge is -2.11. The number of hydrogen-bond acceptors (Lipinski definition) is 3. The Bertz CT molecular complexity index is 587. The largest absolute Gasteiger partial charge is 0.454 e. The van der Waals surface area contributed by atoms with Crippen molar-refractivity contribution in [3.8, 4) is 11.5 Å². The molecule has 114 valence electrons. The second kappa shape index (κ2) is 6.76. The van der Waals surface area contributed by atoms with Crippen LogP contribution in [0, 0.1) is 6.92 Å². The van der Waals surface area contributed by atoms with Crippen LogP contribution in [0.1, 0.15) is 44.9 Å². The summed E-state index contributed by atoms with van der Waals surface area (Å²) >= 11 is 0. The molecule has 0 aliphatic rings. The van der Waals surface area contributed by atoms with Crippen LogP contribution in [0.3, 0.4) is 0 Å². The topological polar surface area (TPSA) is 39.1 Å². The molecule has 0 amide bonds. The highest BCUT2D eigenvalue weighted by Crippen LogP contribution is 2.26. The summed E-state index contributed by atoms with van der Waals surface area (Å²) in [6.07, 6.45) is 3.69. The molecule has 0 radical (unpaired) electrons. The molecule has 1 aromatic carbocycles. The minimum Gasteiger partial charge on any atom is -0.454 e. The molecule has 1 N–H and O–H groups in total. The summed E-state index contributed by atoms with van der Waals surface area (Å²) in [5.74, 6) is 1.66. The van der Waals surface area contributed by atoms with Gasteiger partial charge in [-0.05, 0) is 38.0 Å². The van der Waals surface area contributed by atoms with E-state index in [0.29, 0.717) is 12.1 Å². The number of benzene rings is 1. The molecule has 0 saturated heterocycles. The van der Waals surface area contributed by atoms with Crippen LogP contribution in [-0.4, -0.2) is 15.8 Å². The lowest BCUT2D eigenvalue weighted by molar-refractivity contribution is 0.473. The fraction of sp³-hybridized carbons (Fsp3) is 0.471. The summed E-state index contributed by atoms with van der Waals surface area (Å²) in [7, 11) is 0. The molecule has 1 heterocycles. The zero-order chi connectivity index (χ0) is 15.4. The van der Waals surface area contributed by atoms with Gasteiger partial charge in [-0.15, -0.1) is 0 Å². The third-order valence-corrected chi connectivity index (χ3v) is 3.29. The highest BCUT2D eigenvalue weighted by molar-refractivity contribution is 5.38. The summed E-state index contributed by atoms with van der Waals surface area (Å²) in [6.45, 7) is 11.4. The first-order valence-electron chi connectivity index (χ1n) is 7.50. The van der Waals surface area contributed by atoms with E-state index < -0.39 is 0 Å². The molecule has 21 heavy (non-hydrogen) atoms. The minimum atomic E-state index is 0.341. The Morgan fingerprint density at radius 1 is 1.24 bits per heavy atom. The highest BCUT2D eigenvalue weighted by Gasteiger charge is 2.07. The lowest BCUT2D eigenvalue weighted by atomic mass is 10.1. The van der Waals surface area contributed by atoms with Gasteiger partial charge in [-0.25, -0.2) is 0 Å². The summed E-state index contributed by atoms with van der Waals surface area (Å²) in [6, 6.07) is 7.12. The van der Waals surface area contributed by atoms with Gasteiger partial charge in [0.25, 0.3) is 0 Å². The monoisotopic (exact) mass is 287 g/mol. The van der Waals surface area contributed by atoms with Crippen molar-refractivity contribution in [1.29, 1.82) is 0 Å². The molecule has 0 fully saturated rings. The van der Waals surface area contributed by atoms with E-state index in [9.17, 15) is 0 Å². The Labute approximate surface area is 127 Å². The normalized spacial score (nSPS) is 11.4. The third-order valence-electron chi connectivity index (χ3n) is 3.29. The molecule has 4 nitrogen and oxygen atoms in total.